The molecule has 166 valence electrons. The largest absolute Gasteiger partial charge is 0.366 e. The average Bonchev–Trinajstić information content (AvgIpc) is 3.30. The first-order valence-electron chi connectivity index (χ1n) is 9.89. The number of nitrogens with zero attached hydrogens (tertiary/aromatic N) is 2. The van der Waals surface area contributed by atoms with E-state index in [0.717, 1.165) is 18.9 Å². The zero-order valence-electron chi connectivity index (χ0n) is 16.6. The van der Waals surface area contributed by atoms with E-state index in [4.69, 9.17) is 21.1 Å². The summed E-state index contributed by atoms with van der Waals surface area (Å²) in [6.07, 6.45) is 1.43. The number of hydrogen-bond donors (Lipinski definition) is 1. The molecule has 0 unspecified atom stereocenters. The van der Waals surface area contributed by atoms with E-state index in [0.29, 0.717) is 32.0 Å². The highest BCUT2D eigenvalue weighted by atomic mass is 35.5. The third kappa shape index (κ3) is 4.77. The quantitative estimate of drug-likeness (QED) is 0.510. The highest BCUT2D eigenvalue weighted by Crippen LogP contribution is 2.36. The van der Waals surface area contributed by atoms with Gasteiger partial charge < -0.3 is 14.4 Å². The number of nitrogens with one attached hydrogen (secondary N) is 1. The molecule has 2 aromatic carbocycles. The second-order valence-corrected chi connectivity index (χ2v) is 9.54. The minimum absolute atomic E-state index is 0.0983. The minimum Gasteiger partial charge on any atom is -0.366 e. The van der Waals surface area contributed by atoms with Crippen molar-refractivity contribution >= 4 is 38.7 Å². The number of rotatable bonds is 6. The summed E-state index contributed by atoms with van der Waals surface area (Å²) in [4.78, 5) is 12.9. The third-order valence-electron chi connectivity index (χ3n) is 5.40. The predicted molar refractivity (Wildman–Crippen MR) is 116 cm³/mol. The fourth-order valence-electron chi connectivity index (χ4n) is 3.93. The zero-order chi connectivity index (χ0) is 22.0. The van der Waals surface area contributed by atoms with Crippen LogP contribution < -0.4 is 9.62 Å². The Morgan fingerprint density at radius 2 is 1.90 bits per heavy atom. The van der Waals surface area contributed by atoms with Crippen molar-refractivity contribution in [2.45, 2.75) is 24.0 Å². The Morgan fingerprint density at radius 3 is 2.61 bits per heavy atom. The lowest BCUT2D eigenvalue weighted by Crippen LogP contribution is -2.41. The molecule has 11 heteroatoms. The van der Waals surface area contributed by atoms with Crippen LogP contribution in [0.3, 0.4) is 0 Å². The maximum absolute atomic E-state index is 12.8. The number of nitro benzene ring substituents is 1. The molecule has 1 N–H and O–H groups in total. The van der Waals surface area contributed by atoms with Crippen molar-refractivity contribution in [2.24, 2.45) is 5.92 Å². The van der Waals surface area contributed by atoms with Gasteiger partial charge in [0, 0.05) is 25.1 Å². The molecule has 2 aliphatic rings. The van der Waals surface area contributed by atoms with E-state index in [1.54, 1.807) is 18.2 Å². The van der Waals surface area contributed by atoms with Crippen LogP contribution in [-0.4, -0.2) is 45.9 Å². The molecule has 31 heavy (non-hydrogen) atoms. The molecule has 0 amide bonds. The van der Waals surface area contributed by atoms with Crippen molar-refractivity contribution in [1.29, 1.82) is 0 Å². The summed E-state index contributed by atoms with van der Waals surface area (Å²) >= 11 is 6.03. The van der Waals surface area contributed by atoms with Crippen LogP contribution in [0, 0.1) is 16.0 Å². The molecule has 2 heterocycles. The van der Waals surface area contributed by atoms with E-state index in [9.17, 15) is 18.5 Å². The number of sulfonamides is 1. The first-order chi connectivity index (χ1) is 14.8. The number of nitro groups is 1. The molecule has 0 radical (unpaired) electrons. The Hall–Kier alpha value is -2.40. The normalized spacial score (nSPS) is 20.0. The summed E-state index contributed by atoms with van der Waals surface area (Å²) in [5.74, 6) is 0.0983. The molecule has 2 aliphatic heterocycles. The summed E-state index contributed by atoms with van der Waals surface area (Å²) in [5, 5.41) is 12.0. The monoisotopic (exact) mass is 467 g/mol. The van der Waals surface area contributed by atoms with Crippen LogP contribution in [-0.2, 0) is 19.5 Å². The summed E-state index contributed by atoms with van der Waals surface area (Å²) in [5.41, 5.74) is 0.312. The van der Waals surface area contributed by atoms with Gasteiger partial charge in [-0.15, -0.1) is 0 Å². The van der Waals surface area contributed by atoms with E-state index in [1.807, 2.05) is 4.90 Å². The van der Waals surface area contributed by atoms with Gasteiger partial charge in [0.1, 0.15) is 5.69 Å². The number of halogens is 1. The SMILES string of the molecule is O=[N+]([O-])c1cc(S(=O)(=O)Nc2ccccc2Cl)ccc1N1CCC[C@H](C2OCCO2)C1. The fourth-order valence-corrected chi connectivity index (χ4v) is 5.27. The van der Waals surface area contributed by atoms with Crippen LogP contribution in [0.15, 0.2) is 47.4 Å². The third-order valence-corrected chi connectivity index (χ3v) is 7.10. The van der Waals surface area contributed by atoms with Gasteiger partial charge in [0.25, 0.3) is 15.7 Å². The molecule has 0 saturated carbocycles. The highest BCUT2D eigenvalue weighted by Gasteiger charge is 2.33. The molecule has 0 aliphatic carbocycles. The zero-order valence-corrected chi connectivity index (χ0v) is 18.1. The molecule has 2 fully saturated rings. The van der Waals surface area contributed by atoms with E-state index < -0.39 is 14.9 Å². The van der Waals surface area contributed by atoms with Crippen molar-refractivity contribution in [3.63, 3.8) is 0 Å². The van der Waals surface area contributed by atoms with E-state index >= 15 is 0 Å². The number of para-hydroxylation sites is 1. The molecule has 4 rings (SSSR count). The van der Waals surface area contributed by atoms with Gasteiger partial charge >= 0.3 is 0 Å². The second-order valence-electron chi connectivity index (χ2n) is 7.45. The van der Waals surface area contributed by atoms with E-state index in [-0.39, 0.29) is 33.5 Å². The van der Waals surface area contributed by atoms with E-state index in [2.05, 4.69) is 4.72 Å². The lowest BCUT2D eigenvalue weighted by atomic mass is 9.96. The summed E-state index contributed by atoms with van der Waals surface area (Å²) < 4.78 is 39.2. The standard InChI is InChI=1S/C20H22ClN3O6S/c21-16-5-1-2-6-17(16)22-31(27,28)15-7-8-18(19(12-15)24(25)26)23-9-3-4-14(13-23)20-29-10-11-30-20/h1-2,5-8,12,14,20,22H,3-4,9-11,13H2/t14-/m0/s1. The van der Waals surface area contributed by atoms with Gasteiger partial charge in [0.2, 0.25) is 0 Å². The Labute approximate surface area is 185 Å². The van der Waals surface area contributed by atoms with Gasteiger partial charge in [-0.1, -0.05) is 23.7 Å². The van der Waals surface area contributed by atoms with E-state index in [1.165, 1.54) is 18.2 Å². The van der Waals surface area contributed by atoms with Crippen LogP contribution in [0.4, 0.5) is 17.1 Å². The lowest BCUT2D eigenvalue weighted by Gasteiger charge is -2.35. The van der Waals surface area contributed by atoms with Gasteiger partial charge in [-0.3, -0.25) is 14.8 Å². The van der Waals surface area contributed by atoms with Crippen molar-refractivity contribution in [3.05, 3.63) is 57.6 Å². The van der Waals surface area contributed by atoms with Crippen LogP contribution in [0.1, 0.15) is 12.8 Å². The molecule has 2 saturated heterocycles. The molecule has 9 nitrogen and oxygen atoms in total. The highest BCUT2D eigenvalue weighted by molar-refractivity contribution is 7.92. The van der Waals surface area contributed by atoms with Crippen LogP contribution in [0.25, 0.3) is 0 Å². The van der Waals surface area contributed by atoms with Gasteiger partial charge in [0.15, 0.2) is 6.29 Å². The van der Waals surface area contributed by atoms with Gasteiger partial charge in [-0.05, 0) is 37.1 Å². The molecule has 1 atom stereocenters. The maximum Gasteiger partial charge on any atom is 0.293 e. The van der Waals surface area contributed by atoms with Crippen LogP contribution in [0.2, 0.25) is 5.02 Å². The predicted octanol–water partition coefficient (Wildman–Crippen LogP) is 3.64. The summed E-state index contributed by atoms with van der Waals surface area (Å²) in [7, 11) is -4.06. The molecular formula is C20H22ClN3O6S. The molecule has 2 aromatic rings. The molecule has 0 spiro atoms. The van der Waals surface area contributed by atoms with Crippen LogP contribution >= 0.6 is 11.6 Å². The second kappa shape index (κ2) is 8.99. The Balaban J connectivity index is 1.61. The Morgan fingerprint density at radius 1 is 1.16 bits per heavy atom. The Kier molecular flexibility index (Phi) is 6.33. The average molecular weight is 468 g/mol. The number of benzene rings is 2. The summed E-state index contributed by atoms with van der Waals surface area (Å²) in [6, 6.07) is 10.3. The van der Waals surface area contributed by atoms with Crippen LogP contribution in [0.5, 0.6) is 0 Å². The number of ether oxygens (including phenoxy) is 2. The van der Waals surface area contributed by atoms with Gasteiger partial charge in [-0.25, -0.2) is 8.42 Å². The summed E-state index contributed by atoms with van der Waals surface area (Å²) in [6.45, 7) is 2.27. The van der Waals surface area contributed by atoms with Crippen molar-refractivity contribution in [1.82, 2.24) is 0 Å². The maximum atomic E-state index is 12.8. The lowest BCUT2D eigenvalue weighted by molar-refractivity contribution is -0.384. The number of piperidine rings is 1. The van der Waals surface area contributed by atoms with Crippen molar-refractivity contribution in [3.8, 4) is 0 Å². The Bertz CT molecular complexity index is 1070. The fraction of sp³-hybridized carbons (Fsp3) is 0.400. The first-order valence-corrected chi connectivity index (χ1v) is 11.8. The topological polar surface area (TPSA) is 111 Å². The number of anilines is 2. The first kappa shape index (κ1) is 21.8. The molecule has 0 aromatic heterocycles. The van der Waals surface area contributed by atoms with Gasteiger partial charge in [-0.2, -0.15) is 0 Å². The minimum atomic E-state index is -4.06. The van der Waals surface area contributed by atoms with Gasteiger partial charge in [0.05, 0.1) is 33.7 Å². The number of hydrogen-bond acceptors (Lipinski definition) is 7. The molecule has 0 bridgehead atoms. The smallest absolute Gasteiger partial charge is 0.293 e. The van der Waals surface area contributed by atoms with Crippen molar-refractivity contribution < 1.29 is 22.8 Å². The van der Waals surface area contributed by atoms with Crippen molar-refractivity contribution in [2.75, 3.05) is 35.9 Å². The molecular weight excluding hydrogens is 446 g/mol.